The van der Waals surface area contributed by atoms with Gasteiger partial charge in [-0.25, -0.2) is 13.2 Å². The number of aliphatic carboxylic acids is 1. The third-order valence-corrected chi connectivity index (χ3v) is 6.08. The summed E-state index contributed by atoms with van der Waals surface area (Å²) in [7, 11) is -3.76. The predicted octanol–water partition coefficient (Wildman–Crippen LogP) is 0.394. The fraction of sp³-hybridized carbons (Fsp3) is 0.500. The second-order valence-electron chi connectivity index (χ2n) is 4.94. The quantitative estimate of drug-likeness (QED) is 0.669. The summed E-state index contributed by atoms with van der Waals surface area (Å²) < 4.78 is 26.3. The van der Waals surface area contributed by atoms with Crippen LogP contribution in [-0.4, -0.2) is 37.5 Å². The summed E-state index contributed by atoms with van der Waals surface area (Å²) in [6.07, 6.45) is 1.51. The molecule has 0 radical (unpaired) electrons. The molecule has 1 aromatic rings. The van der Waals surface area contributed by atoms with Crippen molar-refractivity contribution in [2.45, 2.75) is 36.1 Å². The average Bonchev–Trinajstić information content (AvgIpc) is 3.06. The van der Waals surface area contributed by atoms with Gasteiger partial charge >= 0.3 is 5.97 Å². The predicted molar refractivity (Wildman–Crippen MR) is 76.4 cm³/mol. The first-order chi connectivity index (χ1) is 9.81. The van der Waals surface area contributed by atoms with Crippen molar-refractivity contribution in [3.63, 3.8) is 0 Å². The van der Waals surface area contributed by atoms with Crippen molar-refractivity contribution in [1.82, 2.24) is 10.0 Å². The normalized spacial score (nSPS) is 18.0. The van der Waals surface area contributed by atoms with Crippen molar-refractivity contribution in [1.29, 1.82) is 0 Å². The lowest BCUT2D eigenvalue weighted by molar-refractivity contribution is -0.142. The van der Waals surface area contributed by atoms with E-state index in [-0.39, 0.29) is 10.1 Å². The molecule has 2 unspecified atom stereocenters. The fourth-order valence-electron chi connectivity index (χ4n) is 1.85. The van der Waals surface area contributed by atoms with Crippen LogP contribution in [0.5, 0.6) is 0 Å². The molecule has 2 rings (SSSR count). The SMILES string of the molecule is CC(NS(=O)(=O)c1cccs1)C(=O)NC(C(=O)O)C1CC1. The molecule has 0 saturated heterocycles. The maximum absolute atomic E-state index is 12.0. The molecule has 21 heavy (non-hydrogen) atoms. The van der Waals surface area contributed by atoms with Crippen LogP contribution in [0.1, 0.15) is 19.8 Å². The molecule has 1 aromatic heterocycles. The van der Waals surface area contributed by atoms with Crippen LogP contribution >= 0.6 is 11.3 Å². The van der Waals surface area contributed by atoms with Gasteiger partial charge in [-0.1, -0.05) is 6.07 Å². The van der Waals surface area contributed by atoms with Gasteiger partial charge in [0, 0.05) is 0 Å². The van der Waals surface area contributed by atoms with Crippen molar-refractivity contribution in [2.24, 2.45) is 5.92 Å². The van der Waals surface area contributed by atoms with Crippen molar-refractivity contribution < 1.29 is 23.1 Å². The summed E-state index contributed by atoms with van der Waals surface area (Å²) in [5.41, 5.74) is 0. The molecular weight excluding hydrogens is 316 g/mol. The number of nitrogens with one attached hydrogen (secondary N) is 2. The van der Waals surface area contributed by atoms with E-state index in [2.05, 4.69) is 10.0 Å². The molecule has 1 amide bonds. The van der Waals surface area contributed by atoms with Gasteiger partial charge in [0.25, 0.3) is 10.0 Å². The Morgan fingerprint density at radius 3 is 2.57 bits per heavy atom. The first-order valence-electron chi connectivity index (χ1n) is 6.40. The van der Waals surface area contributed by atoms with Crippen LogP contribution < -0.4 is 10.0 Å². The number of thiophene rings is 1. The maximum Gasteiger partial charge on any atom is 0.326 e. The molecule has 3 N–H and O–H groups in total. The Kier molecular flexibility index (Phi) is 4.64. The molecular formula is C12H16N2O5S2. The lowest BCUT2D eigenvalue weighted by Crippen LogP contribution is -2.50. The molecule has 1 fully saturated rings. The van der Waals surface area contributed by atoms with Gasteiger partial charge in [-0.2, -0.15) is 4.72 Å². The van der Waals surface area contributed by atoms with E-state index < -0.39 is 34.0 Å². The zero-order chi connectivity index (χ0) is 15.6. The Bertz CT molecular complexity index is 622. The lowest BCUT2D eigenvalue weighted by atomic mass is 10.2. The van der Waals surface area contributed by atoms with Crippen LogP contribution in [0.4, 0.5) is 0 Å². The molecule has 1 saturated carbocycles. The van der Waals surface area contributed by atoms with E-state index in [1.807, 2.05) is 0 Å². The topological polar surface area (TPSA) is 113 Å². The van der Waals surface area contributed by atoms with Crippen LogP contribution in [0.2, 0.25) is 0 Å². The second kappa shape index (κ2) is 6.12. The highest BCUT2D eigenvalue weighted by Gasteiger charge is 2.38. The standard InChI is InChI=1S/C12H16N2O5S2/c1-7(14-21(18,19)9-3-2-6-20-9)11(15)13-10(12(16)17)8-4-5-8/h2-3,6-8,10,14H,4-5H2,1H3,(H,13,15)(H,16,17). The van der Waals surface area contributed by atoms with Gasteiger partial charge in [0.2, 0.25) is 5.91 Å². The lowest BCUT2D eigenvalue weighted by Gasteiger charge is -2.18. The fourth-order valence-corrected chi connectivity index (χ4v) is 4.06. The minimum atomic E-state index is -3.76. The zero-order valence-corrected chi connectivity index (χ0v) is 12.9. The molecule has 7 nitrogen and oxygen atoms in total. The number of sulfonamides is 1. The molecule has 1 heterocycles. The Morgan fingerprint density at radius 2 is 2.10 bits per heavy atom. The van der Waals surface area contributed by atoms with E-state index in [0.717, 1.165) is 24.2 Å². The number of carbonyl (C=O) groups excluding carboxylic acids is 1. The molecule has 0 spiro atoms. The second-order valence-corrected chi connectivity index (χ2v) is 7.83. The van der Waals surface area contributed by atoms with Gasteiger partial charge < -0.3 is 10.4 Å². The molecule has 2 atom stereocenters. The Morgan fingerprint density at radius 1 is 1.43 bits per heavy atom. The van der Waals surface area contributed by atoms with E-state index in [1.54, 1.807) is 11.4 Å². The number of carboxylic acid groups (broad SMARTS) is 1. The zero-order valence-electron chi connectivity index (χ0n) is 11.3. The molecule has 1 aliphatic rings. The molecule has 9 heteroatoms. The molecule has 0 bridgehead atoms. The number of carbonyl (C=O) groups is 2. The summed E-state index contributed by atoms with van der Waals surface area (Å²) >= 11 is 1.04. The summed E-state index contributed by atoms with van der Waals surface area (Å²) in [6, 6.07) is 1.03. The summed E-state index contributed by atoms with van der Waals surface area (Å²) in [5, 5.41) is 13.0. The van der Waals surface area contributed by atoms with Crippen LogP contribution in [0.15, 0.2) is 21.7 Å². The Hall–Kier alpha value is -1.45. The van der Waals surface area contributed by atoms with Gasteiger partial charge in [-0.05, 0) is 37.1 Å². The summed E-state index contributed by atoms with van der Waals surface area (Å²) in [6.45, 7) is 1.38. The van der Waals surface area contributed by atoms with Crippen LogP contribution in [0.3, 0.4) is 0 Å². The van der Waals surface area contributed by atoms with Gasteiger partial charge in [0.15, 0.2) is 0 Å². The first kappa shape index (κ1) is 15.9. The number of rotatable bonds is 7. The number of hydrogen-bond acceptors (Lipinski definition) is 5. The summed E-state index contributed by atoms with van der Waals surface area (Å²) in [4.78, 5) is 23.0. The highest BCUT2D eigenvalue weighted by atomic mass is 32.2. The Balaban J connectivity index is 1.98. The third-order valence-electron chi connectivity index (χ3n) is 3.14. The number of amides is 1. The van der Waals surface area contributed by atoms with Crippen molar-refractivity contribution in [3.05, 3.63) is 17.5 Å². The van der Waals surface area contributed by atoms with Crippen LogP contribution in [-0.2, 0) is 19.6 Å². The van der Waals surface area contributed by atoms with Gasteiger partial charge in [0.05, 0.1) is 6.04 Å². The first-order valence-corrected chi connectivity index (χ1v) is 8.76. The highest BCUT2D eigenvalue weighted by Crippen LogP contribution is 2.32. The molecule has 116 valence electrons. The minimum Gasteiger partial charge on any atom is -0.480 e. The van der Waals surface area contributed by atoms with Gasteiger partial charge in [-0.3, -0.25) is 4.79 Å². The summed E-state index contributed by atoms with van der Waals surface area (Å²) in [5.74, 6) is -1.80. The third kappa shape index (κ3) is 4.02. The van der Waals surface area contributed by atoms with Gasteiger partial charge in [0.1, 0.15) is 10.3 Å². The van der Waals surface area contributed by atoms with E-state index in [1.165, 1.54) is 13.0 Å². The van der Waals surface area contributed by atoms with E-state index in [4.69, 9.17) is 5.11 Å². The highest BCUT2D eigenvalue weighted by molar-refractivity contribution is 7.91. The van der Waals surface area contributed by atoms with Crippen LogP contribution in [0, 0.1) is 5.92 Å². The monoisotopic (exact) mass is 332 g/mol. The smallest absolute Gasteiger partial charge is 0.326 e. The van der Waals surface area contributed by atoms with Crippen molar-refractivity contribution >= 4 is 33.2 Å². The molecule has 0 aromatic carbocycles. The minimum absolute atomic E-state index is 0.0625. The Labute approximate surface area is 126 Å². The average molecular weight is 332 g/mol. The van der Waals surface area contributed by atoms with E-state index >= 15 is 0 Å². The van der Waals surface area contributed by atoms with E-state index in [0.29, 0.717) is 0 Å². The number of hydrogen-bond donors (Lipinski definition) is 3. The van der Waals surface area contributed by atoms with Crippen LogP contribution in [0.25, 0.3) is 0 Å². The van der Waals surface area contributed by atoms with Crippen molar-refractivity contribution in [2.75, 3.05) is 0 Å². The largest absolute Gasteiger partial charge is 0.480 e. The maximum atomic E-state index is 12.0. The van der Waals surface area contributed by atoms with E-state index in [9.17, 15) is 18.0 Å². The number of carboxylic acids is 1. The molecule has 0 aliphatic heterocycles. The van der Waals surface area contributed by atoms with Crippen molar-refractivity contribution in [3.8, 4) is 0 Å². The molecule has 1 aliphatic carbocycles. The van der Waals surface area contributed by atoms with Gasteiger partial charge in [-0.15, -0.1) is 11.3 Å².